The molecular weight excluding hydrogens is 948 g/mol. The molecule has 6 heterocycles. The van der Waals surface area contributed by atoms with Crippen molar-refractivity contribution in [2.45, 2.75) is 99.8 Å². The molecule has 0 saturated carbocycles. The van der Waals surface area contributed by atoms with E-state index in [2.05, 4.69) is 225 Å². The highest BCUT2D eigenvalue weighted by molar-refractivity contribution is 7.40. The first-order valence-corrected chi connectivity index (χ1v) is 28.9. The third-order valence-electron chi connectivity index (χ3n) is 15.7. The molecule has 0 unspecified atom stereocenters. The molecule has 7 aromatic carbocycles. The van der Waals surface area contributed by atoms with E-state index in [1.807, 2.05) is 45.3 Å². The van der Waals surface area contributed by atoms with Crippen LogP contribution in [0.1, 0.15) is 100 Å². The minimum atomic E-state index is -0.00821. The molecule has 2 nitrogen and oxygen atoms in total. The van der Waals surface area contributed by atoms with E-state index < -0.39 is 0 Å². The Labute approximate surface area is 441 Å². The summed E-state index contributed by atoms with van der Waals surface area (Å²) in [5.74, 6) is 0.294. The summed E-state index contributed by atoms with van der Waals surface area (Å²) in [5.41, 5.74) is 23.7. The first kappa shape index (κ1) is 45.9. The Hall–Kier alpha value is -5.96. The SMILES string of the molecule is Cc1cc(-c2csc3ccccc23)cc(C)c1N1c2cc(C(C)C)cc3c2B(c2sc4ccc(C(C)(C)C)cc4c21)c1sc2ccc(C(C)(C)C)cc2c1N3c1c(C)cc(-c2csc3ccccc23)cc1C. The molecule has 2 aliphatic rings. The molecule has 2 aliphatic heterocycles. The van der Waals surface area contributed by atoms with Crippen molar-refractivity contribution >= 4 is 142 Å². The summed E-state index contributed by atoms with van der Waals surface area (Å²) in [7, 11) is 0. The summed E-state index contributed by atoms with van der Waals surface area (Å²) >= 11 is 7.71. The second-order valence-corrected chi connectivity index (χ2v) is 27.0. The molecule has 0 atom stereocenters. The van der Waals surface area contributed by atoms with Crippen LogP contribution in [0.2, 0.25) is 0 Å². The summed E-state index contributed by atoms with van der Waals surface area (Å²) < 4.78 is 8.22. The second kappa shape index (κ2) is 16.3. The fourth-order valence-electron chi connectivity index (χ4n) is 12.1. The van der Waals surface area contributed by atoms with Gasteiger partial charge in [-0.1, -0.05) is 104 Å². The number of aryl methyl sites for hydroxylation is 4. The second-order valence-electron chi connectivity index (χ2n) is 23.0. The third-order valence-corrected chi connectivity index (χ3v) is 20.1. The lowest BCUT2D eigenvalue weighted by Crippen LogP contribution is -2.59. The molecule has 0 aliphatic carbocycles. The van der Waals surface area contributed by atoms with Gasteiger partial charge in [0.2, 0.25) is 0 Å². The van der Waals surface area contributed by atoms with Crippen LogP contribution in [0.3, 0.4) is 0 Å². The number of nitrogens with zero attached hydrogens (tertiary/aromatic N) is 2. The van der Waals surface area contributed by atoms with Crippen LogP contribution >= 0.6 is 45.3 Å². The highest BCUT2D eigenvalue weighted by atomic mass is 32.1. The number of hydrogen-bond donors (Lipinski definition) is 0. The van der Waals surface area contributed by atoms with Crippen molar-refractivity contribution in [3.05, 3.63) is 171 Å². The van der Waals surface area contributed by atoms with E-state index in [0.29, 0.717) is 5.92 Å². The number of rotatable bonds is 5. The minimum Gasteiger partial charge on any atom is -0.309 e. The van der Waals surface area contributed by atoms with Gasteiger partial charge in [-0.3, -0.25) is 0 Å². The maximum Gasteiger partial charge on any atom is 0.277 e. The largest absolute Gasteiger partial charge is 0.309 e. The quantitative estimate of drug-likeness (QED) is 0.159. The van der Waals surface area contributed by atoms with Crippen molar-refractivity contribution in [3.63, 3.8) is 0 Å². The molecule has 0 spiro atoms. The topological polar surface area (TPSA) is 6.48 Å². The minimum absolute atomic E-state index is 0.00821. The fourth-order valence-corrected chi connectivity index (χ4v) is 16.6. The normalized spacial score (nSPS) is 13.6. The molecule has 11 aromatic rings. The molecule has 0 radical (unpaired) electrons. The van der Waals surface area contributed by atoms with Gasteiger partial charge in [-0.15, -0.1) is 45.3 Å². The van der Waals surface area contributed by atoms with Crippen molar-refractivity contribution in [2.75, 3.05) is 9.80 Å². The van der Waals surface area contributed by atoms with E-state index in [1.165, 1.54) is 151 Å². The lowest BCUT2D eigenvalue weighted by atomic mass is 9.39. The van der Waals surface area contributed by atoms with Gasteiger partial charge >= 0.3 is 0 Å². The van der Waals surface area contributed by atoms with Crippen LogP contribution in [0, 0.1) is 27.7 Å². The van der Waals surface area contributed by atoms with Gasteiger partial charge in [0.15, 0.2) is 0 Å². The summed E-state index contributed by atoms with van der Waals surface area (Å²) in [4.78, 5) is 5.47. The first-order chi connectivity index (χ1) is 34.4. The van der Waals surface area contributed by atoms with Crippen LogP contribution in [0.15, 0.2) is 132 Å². The molecule has 0 saturated heterocycles. The van der Waals surface area contributed by atoms with Crippen LogP contribution in [-0.4, -0.2) is 6.71 Å². The standard InChI is InChI=1S/C65H59BN2S4/c1-35(2)40-29-51-57-52(30-40)68(59-38(5)27-42(28-39(59)6)50-34-70-54-20-16-14-18-46(50)54)61-48-32-44(65(10,11)12)22-24-56(48)72-63(61)66(57)62-60(47-31-43(64(7,8)9)21-23-55(47)71-62)67(51)58-36(3)25-41(26-37(58)4)49-33-69-53-19-15-13-17-45(49)53/h13-35H,1-12H3. The van der Waals surface area contributed by atoms with E-state index in [0.717, 1.165) is 0 Å². The maximum absolute atomic E-state index is 2.74. The zero-order valence-electron chi connectivity index (χ0n) is 43.4. The summed E-state index contributed by atoms with van der Waals surface area (Å²) in [6, 6.07) is 47.4. The van der Waals surface area contributed by atoms with E-state index in [1.54, 1.807) is 0 Å². The molecule has 0 fully saturated rings. The van der Waals surface area contributed by atoms with Gasteiger partial charge in [-0.05, 0) is 184 Å². The zero-order chi connectivity index (χ0) is 49.9. The van der Waals surface area contributed by atoms with Gasteiger partial charge in [0.1, 0.15) is 0 Å². The Morgan fingerprint density at radius 2 is 0.847 bits per heavy atom. The Bertz CT molecular complexity index is 3770. The van der Waals surface area contributed by atoms with Gasteiger partial charge < -0.3 is 9.80 Å². The lowest BCUT2D eigenvalue weighted by Gasteiger charge is -2.44. The number of anilines is 6. The van der Waals surface area contributed by atoms with E-state index in [-0.39, 0.29) is 17.5 Å². The molecule has 0 N–H and O–H groups in total. The van der Waals surface area contributed by atoms with Crippen LogP contribution in [0.25, 0.3) is 62.6 Å². The van der Waals surface area contributed by atoms with Gasteiger partial charge in [0.25, 0.3) is 6.71 Å². The van der Waals surface area contributed by atoms with Crippen LogP contribution in [0.4, 0.5) is 34.1 Å². The number of fused-ring (bicyclic) bond motifs is 10. The van der Waals surface area contributed by atoms with Gasteiger partial charge in [0, 0.05) is 72.4 Å². The third kappa shape index (κ3) is 6.90. The van der Waals surface area contributed by atoms with Crippen molar-refractivity contribution in [1.82, 2.24) is 0 Å². The van der Waals surface area contributed by atoms with E-state index in [9.17, 15) is 0 Å². The van der Waals surface area contributed by atoms with Crippen molar-refractivity contribution in [2.24, 2.45) is 0 Å². The molecule has 4 aromatic heterocycles. The number of benzene rings is 7. The Balaban J connectivity index is 1.14. The smallest absolute Gasteiger partial charge is 0.277 e. The first-order valence-electron chi connectivity index (χ1n) is 25.5. The maximum atomic E-state index is 2.74. The Morgan fingerprint density at radius 1 is 0.444 bits per heavy atom. The number of thiophene rings is 4. The Morgan fingerprint density at radius 3 is 1.24 bits per heavy atom. The van der Waals surface area contributed by atoms with Crippen molar-refractivity contribution in [3.8, 4) is 22.3 Å². The zero-order valence-corrected chi connectivity index (χ0v) is 46.6. The number of hydrogen-bond acceptors (Lipinski definition) is 6. The summed E-state index contributed by atoms with van der Waals surface area (Å²) in [5, 5.41) is 10.0. The predicted molar refractivity (Wildman–Crippen MR) is 323 cm³/mol. The summed E-state index contributed by atoms with van der Waals surface area (Å²) in [6.45, 7) is 28.3. The summed E-state index contributed by atoms with van der Waals surface area (Å²) in [6.07, 6.45) is 0. The average molecular weight is 1010 g/mol. The fraction of sp³-hybridized carbons (Fsp3) is 0.231. The van der Waals surface area contributed by atoms with Gasteiger partial charge in [-0.25, -0.2) is 0 Å². The molecule has 0 bridgehead atoms. The van der Waals surface area contributed by atoms with Gasteiger partial charge in [-0.2, -0.15) is 0 Å². The predicted octanol–water partition coefficient (Wildman–Crippen LogP) is 18.9. The highest BCUT2D eigenvalue weighted by Crippen LogP contribution is 2.54. The molecule has 356 valence electrons. The Kier molecular flexibility index (Phi) is 10.4. The van der Waals surface area contributed by atoms with Crippen LogP contribution < -0.4 is 24.8 Å². The van der Waals surface area contributed by atoms with E-state index in [4.69, 9.17) is 0 Å². The molecular formula is C65H59BN2S4. The van der Waals surface area contributed by atoms with Gasteiger partial charge in [0.05, 0.1) is 22.7 Å². The monoisotopic (exact) mass is 1010 g/mol. The van der Waals surface area contributed by atoms with Crippen LogP contribution in [-0.2, 0) is 10.8 Å². The molecule has 7 heteroatoms. The van der Waals surface area contributed by atoms with Crippen molar-refractivity contribution in [1.29, 1.82) is 0 Å². The van der Waals surface area contributed by atoms with E-state index >= 15 is 0 Å². The molecule has 72 heavy (non-hydrogen) atoms. The molecule has 0 amide bonds. The van der Waals surface area contributed by atoms with Crippen LogP contribution in [0.5, 0.6) is 0 Å². The van der Waals surface area contributed by atoms with Crippen molar-refractivity contribution < 1.29 is 0 Å². The lowest BCUT2D eigenvalue weighted by molar-refractivity contribution is 0.591. The molecule has 13 rings (SSSR count). The average Bonchev–Trinajstić information content (AvgIpc) is 4.14. The highest BCUT2D eigenvalue weighted by Gasteiger charge is 2.48.